The molecule has 0 N–H and O–H groups in total. The average Bonchev–Trinajstić information content (AvgIpc) is 2.67. The minimum atomic E-state index is 0.965. The fraction of sp³-hybridized carbons (Fsp3) is 0. The first-order chi connectivity index (χ1) is 6.42. The third-order valence-corrected chi connectivity index (χ3v) is 1.90. The molecule has 0 aliphatic rings. The van der Waals surface area contributed by atoms with Crippen molar-refractivity contribution in [1.29, 1.82) is 0 Å². The molecule has 0 atom stereocenters. The van der Waals surface area contributed by atoms with Crippen LogP contribution in [0.1, 0.15) is 0 Å². The second-order valence-electron chi connectivity index (χ2n) is 2.70. The van der Waals surface area contributed by atoms with E-state index in [4.69, 9.17) is 0 Å². The maximum atomic E-state index is 4.26. The van der Waals surface area contributed by atoms with Gasteiger partial charge in [-0.25, -0.2) is 0 Å². The summed E-state index contributed by atoms with van der Waals surface area (Å²) in [7, 11) is 0. The Kier molecular flexibility index (Phi) is 1.96. The van der Waals surface area contributed by atoms with Crippen molar-refractivity contribution in [1.82, 2.24) is 9.55 Å². The minimum absolute atomic E-state index is 0.965. The Hall–Kier alpha value is -1.83. The normalized spacial score (nSPS) is 9.85. The molecular formula is C11H10N2. The zero-order valence-corrected chi connectivity index (χ0v) is 7.22. The summed E-state index contributed by atoms with van der Waals surface area (Å²) in [5.41, 5.74) is 2.03. The van der Waals surface area contributed by atoms with Crippen LogP contribution in [0.5, 0.6) is 0 Å². The van der Waals surface area contributed by atoms with E-state index in [0.29, 0.717) is 0 Å². The summed E-state index contributed by atoms with van der Waals surface area (Å²) in [5, 5.41) is 0. The summed E-state index contributed by atoms with van der Waals surface area (Å²) in [6.45, 7) is 3.72. The lowest BCUT2D eigenvalue weighted by Crippen LogP contribution is -1.89. The van der Waals surface area contributed by atoms with Gasteiger partial charge in [0.1, 0.15) is 0 Å². The van der Waals surface area contributed by atoms with Gasteiger partial charge in [0.2, 0.25) is 0 Å². The maximum Gasteiger partial charge on any atom is 0.0869 e. The first kappa shape index (κ1) is 7.80. The fourth-order valence-electron chi connectivity index (χ4n) is 1.28. The van der Waals surface area contributed by atoms with Crippen LogP contribution in [0.15, 0.2) is 49.3 Å². The molecule has 0 amide bonds. The molecule has 0 unspecified atom stereocenters. The van der Waals surface area contributed by atoms with Gasteiger partial charge in [-0.2, -0.15) is 0 Å². The smallest absolute Gasteiger partial charge is 0.0869 e. The summed E-state index contributed by atoms with van der Waals surface area (Å²) in [6, 6.07) is 9.86. The molecule has 0 aliphatic heterocycles. The highest BCUT2D eigenvalue weighted by atomic mass is 15.0. The molecule has 0 fully saturated rings. The standard InChI is InChI=1S/C11H10N2/c1-2-13-9-5-7-11(13)10-6-3-4-8-12-10/h2-9H,1H2. The lowest BCUT2D eigenvalue weighted by atomic mass is 10.3. The van der Waals surface area contributed by atoms with Crippen molar-refractivity contribution in [3.8, 4) is 11.4 Å². The van der Waals surface area contributed by atoms with Crippen LogP contribution in [-0.2, 0) is 0 Å². The third kappa shape index (κ3) is 1.38. The van der Waals surface area contributed by atoms with E-state index in [1.54, 1.807) is 12.4 Å². The number of hydrogen-bond acceptors (Lipinski definition) is 1. The summed E-state index contributed by atoms with van der Waals surface area (Å²) >= 11 is 0. The van der Waals surface area contributed by atoms with E-state index in [1.165, 1.54) is 0 Å². The Labute approximate surface area is 77.2 Å². The monoisotopic (exact) mass is 170 g/mol. The highest BCUT2D eigenvalue weighted by molar-refractivity contribution is 5.57. The number of nitrogens with zero attached hydrogens (tertiary/aromatic N) is 2. The van der Waals surface area contributed by atoms with Gasteiger partial charge in [0.25, 0.3) is 0 Å². The molecule has 2 rings (SSSR count). The van der Waals surface area contributed by atoms with Crippen LogP contribution >= 0.6 is 0 Å². The van der Waals surface area contributed by atoms with Crippen molar-refractivity contribution in [3.63, 3.8) is 0 Å². The van der Waals surface area contributed by atoms with Crippen LogP contribution in [0.4, 0.5) is 0 Å². The second kappa shape index (κ2) is 3.27. The molecule has 0 bridgehead atoms. The van der Waals surface area contributed by atoms with E-state index < -0.39 is 0 Å². The van der Waals surface area contributed by atoms with E-state index in [1.807, 2.05) is 41.1 Å². The molecule has 0 aliphatic carbocycles. The van der Waals surface area contributed by atoms with Gasteiger partial charge < -0.3 is 4.57 Å². The number of hydrogen-bond donors (Lipinski definition) is 0. The minimum Gasteiger partial charge on any atom is -0.323 e. The molecule has 0 spiro atoms. The van der Waals surface area contributed by atoms with Crippen molar-refractivity contribution in [2.24, 2.45) is 0 Å². The van der Waals surface area contributed by atoms with Crippen molar-refractivity contribution in [3.05, 3.63) is 49.3 Å². The molecule has 2 nitrogen and oxygen atoms in total. The summed E-state index contributed by atoms with van der Waals surface area (Å²) in [5.74, 6) is 0. The molecule has 2 heterocycles. The Morgan fingerprint density at radius 3 is 2.85 bits per heavy atom. The summed E-state index contributed by atoms with van der Waals surface area (Å²) in [4.78, 5) is 4.26. The molecule has 2 heteroatoms. The molecule has 0 radical (unpaired) electrons. The van der Waals surface area contributed by atoms with Crippen LogP contribution in [0, 0.1) is 0 Å². The van der Waals surface area contributed by atoms with Crippen LogP contribution < -0.4 is 0 Å². The predicted octanol–water partition coefficient (Wildman–Crippen LogP) is 2.65. The second-order valence-corrected chi connectivity index (χ2v) is 2.70. The Morgan fingerprint density at radius 1 is 1.23 bits per heavy atom. The largest absolute Gasteiger partial charge is 0.323 e. The van der Waals surface area contributed by atoms with Crippen molar-refractivity contribution in [2.45, 2.75) is 0 Å². The molecule has 0 aromatic carbocycles. The SMILES string of the molecule is C=Cn1cccc1-c1ccccn1. The topological polar surface area (TPSA) is 17.8 Å². The van der Waals surface area contributed by atoms with Crippen molar-refractivity contribution < 1.29 is 0 Å². The molecular weight excluding hydrogens is 160 g/mol. The maximum absolute atomic E-state index is 4.26. The van der Waals surface area contributed by atoms with Crippen molar-refractivity contribution >= 4 is 6.20 Å². The number of rotatable bonds is 2. The van der Waals surface area contributed by atoms with Crippen molar-refractivity contribution in [2.75, 3.05) is 0 Å². The molecule has 2 aromatic heterocycles. The van der Waals surface area contributed by atoms with Gasteiger partial charge in [-0.3, -0.25) is 4.98 Å². The lowest BCUT2D eigenvalue weighted by molar-refractivity contribution is 1.15. The van der Waals surface area contributed by atoms with Crippen LogP contribution in [0.2, 0.25) is 0 Å². The highest BCUT2D eigenvalue weighted by Crippen LogP contribution is 2.16. The zero-order valence-electron chi connectivity index (χ0n) is 7.22. The van der Waals surface area contributed by atoms with Gasteiger partial charge in [-0.1, -0.05) is 12.6 Å². The van der Waals surface area contributed by atoms with Crippen LogP contribution in [0.3, 0.4) is 0 Å². The molecule has 0 saturated heterocycles. The van der Waals surface area contributed by atoms with E-state index in [9.17, 15) is 0 Å². The fourth-order valence-corrected chi connectivity index (χ4v) is 1.28. The number of aromatic nitrogens is 2. The first-order valence-corrected chi connectivity index (χ1v) is 4.12. The van der Waals surface area contributed by atoms with Gasteiger partial charge >= 0.3 is 0 Å². The number of pyridine rings is 1. The summed E-state index contributed by atoms with van der Waals surface area (Å²) in [6.07, 6.45) is 5.51. The third-order valence-electron chi connectivity index (χ3n) is 1.90. The lowest BCUT2D eigenvalue weighted by Gasteiger charge is -2.01. The Morgan fingerprint density at radius 2 is 2.15 bits per heavy atom. The van der Waals surface area contributed by atoms with Crippen LogP contribution in [0.25, 0.3) is 17.6 Å². The average molecular weight is 170 g/mol. The quantitative estimate of drug-likeness (QED) is 0.677. The molecule has 64 valence electrons. The van der Waals surface area contributed by atoms with Gasteiger partial charge in [0.15, 0.2) is 0 Å². The first-order valence-electron chi connectivity index (χ1n) is 4.12. The van der Waals surface area contributed by atoms with Gasteiger partial charge in [-0.05, 0) is 24.3 Å². The molecule has 13 heavy (non-hydrogen) atoms. The van der Waals surface area contributed by atoms with E-state index in [2.05, 4.69) is 11.6 Å². The molecule has 0 saturated carbocycles. The van der Waals surface area contributed by atoms with E-state index >= 15 is 0 Å². The highest BCUT2D eigenvalue weighted by Gasteiger charge is 2.00. The van der Waals surface area contributed by atoms with Gasteiger partial charge in [0, 0.05) is 18.6 Å². The summed E-state index contributed by atoms with van der Waals surface area (Å²) < 4.78 is 1.95. The Balaban J connectivity index is 2.52. The molecule has 2 aromatic rings. The van der Waals surface area contributed by atoms with E-state index in [0.717, 1.165) is 11.4 Å². The Bertz CT molecular complexity index is 401. The predicted molar refractivity (Wildman–Crippen MR) is 54.1 cm³/mol. The van der Waals surface area contributed by atoms with Gasteiger partial charge in [-0.15, -0.1) is 0 Å². The van der Waals surface area contributed by atoms with Crippen LogP contribution in [-0.4, -0.2) is 9.55 Å². The zero-order chi connectivity index (χ0) is 9.10. The van der Waals surface area contributed by atoms with E-state index in [-0.39, 0.29) is 0 Å². The van der Waals surface area contributed by atoms with Gasteiger partial charge in [0.05, 0.1) is 11.4 Å².